The van der Waals surface area contributed by atoms with Crippen LogP contribution in [0.25, 0.3) is 0 Å². The van der Waals surface area contributed by atoms with E-state index < -0.39 is 12.1 Å². The lowest BCUT2D eigenvalue weighted by atomic mass is 10.1. The van der Waals surface area contributed by atoms with Crippen LogP contribution in [0.2, 0.25) is 0 Å². The average Bonchev–Trinajstić information content (AvgIpc) is 3.36. The van der Waals surface area contributed by atoms with Crippen LogP contribution in [0.4, 0.5) is 0 Å². The Kier molecular flexibility index (Phi) is 54.9. The largest absolute Gasteiger partial charge is 0.462 e. The molecule has 0 aliphatic heterocycles. The number of esters is 3. The quantitative estimate of drug-likeness (QED) is 0.0262. The van der Waals surface area contributed by atoms with Crippen molar-refractivity contribution in [2.45, 2.75) is 277 Å². The van der Waals surface area contributed by atoms with Crippen molar-refractivity contribution in [3.05, 3.63) is 97.2 Å². The number of hydrogen-bond acceptors (Lipinski definition) is 6. The molecule has 0 aromatic carbocycles. The fourth-order valence-corrected chi connectivity index (χ4v) is 7.95. The van der Waals surface area contributed by atoms with Crippen molar-refractivity contribution < 1.29 is 28.6 Å². The Hall–Kier alpha value is -3.67. The van der Waals surface area contributed by atoms with Crippen LogP contribution in [0.15, 0.2) is 97.2 Å². The first-order chi connectivity index (χ1) is 34.5. The van der Waals surface area contributed by atoms with Gasteiger partial charge in [0.25, 0.3) is 0 Å². The van der Waals surface area contributed by atoms with Gasteiger partial charge in [-0.2, -0.15) is 0 Å². The van der Waals surface area contributed by atoms with Gasteiger partial charge in [0.15, 0.2) is 6.10 Å². The summed E-state index contributed by atoms with van der Waals surface area (Å²) in [5.74, 6) is -1.06. The molecule has 0 aromatic rings. The third kappa shape index (κ3) is 55.3. The number of ether oxygens (including phenoxy) is 3. The van der Waals surface area contributed by atoms with E-state index >= 15 is 0 Å². The van der Waals surface area contributed by atoms with Crippen molar-refractivity contribution in [3.8, 4) is 0 Å². The van der Waals surface area contributed by atoms with E-state index in [1.807, 2.05) is 6.08 Å². The summed E-state index contributed by atoms with van der Waals surface area (Å²) in [6, 6.07) is 0. The molecule has 0 saturated carbocycles. The lowest BCUT2D eigenvalue weighted by Crippen LogP contribution is -2.30. The molecule has 0 spiro atoms. The van der Waals surface area contributed by atoms with E-state index in [1.54, 1.807) is 6.08 Å². The van der Waals surface area contributed by atoms with Gasteiger partial charge in [-0.05, 0) is 103 Å². The molecule has 70 heavy (non-hydrogen) atoms. The van der Waals surface area contributed by atoms with Crippen molar-refractivity contribution >= 4 is 17.9 Å². The minimum Gasteiger partial charge on any atom is -0.462 e. The standard InChI is InChI=1S/C64H108O6/c1-4-7-10-13-16-19-22-25-28-30-31-32-33-34-37-39-42-45-48-51-54-57-63(66)69-60-61(59-68-62(65)56-53-50-47-44-41-38-35-27-24-21-18-15-12-9-6-3)70-64(67)58-55-52-49-46-43-40-36-29-26-23-20-17-14-11-8-5-2/h9,12,18,20-21,23,27,29-31,35-36,41,44,50,53,61H,4-8,10-11,13-17,19,22,24-26,28,32-34,37-40,42-43,45-49,51-52,54-60H2,1-3H3/b12-9-,21-18-,23-20-,31-30-,35-27-,36-29-,44-41-,53-50-. The molecule has 0 aliphatic carbocycles. The SMILES string of the molecule is CC/C=C\C/C=C\C/C=C\C/C=C\C/C=C\CC(=O)OCC(COC(=O)CCCCCCCCCCC/C=C\CCCCCCCCCC)OC(=O)CCCCCCC/C=C\C/C=C\CCCCCC. The predicted molar refractivity (Wildman–Crippen MR) is 302 cm³/mol. The van der Waals surface area contributed by atoms with Gasteiger partial charge in [0.1, 0.15) is 13.2 Å². The summed E-state index contributed by atoms with van der Waals surface area (Å²) >= 11 is 0. The summed E-state index contributed by atoms with van der Waals surface area (Å²) in [6.45, 7) is 6.42. The van der Waals surface area contributed by atoms with Crippen LogP contribution < -0.4 is 0 Å². The second-order valence-corrected chi connectivity index (χ2v) is 19.2. The zero-order chi connectivity index (χ0) is 50.7. The van der Waals surface area contributed by atoms with E-state index in [0.29, 0.717) is 12.8 Å². The van der Waals surface area contributed by atoms with Crippen molar-refractivity contribution in [1.82, 2.24) is 0 Å². The lowest BCUT2D eigenvalue weighted by Gasteiger charge is -2.18. The van der Waals surface area contributed by atoms with E-state index in [2.05, 4.69) is 106 Å². The molecule has 0 amide bonds. The van der Waals surface area contributed by atoms with E-state index in [1.165, 1.54) is 135 Å². The van der Waals surface area contributed by atoms with Crippen LogP contribution in [0.5, 0.6) is 0 Å². The summed E-state index contributed by atoms with van der Waals surface area (Å²) in [4.78, 5) is 38.1. The molecule has 0 fully saturated rings. The summed E-state index contributed by atoms with van der Waals surface area (Å²) < 4.78 is 16.8. The second kappa shape index (κ2) is 57.9. The normalized spacial score (nSPS) is 12.8. The van der Waals surface area contributed by atoms with Crippen LogP contribution in [-0.4, -0.2) is 37.2 Å². The molecule has 0 aromatic heterocycles. The zero-order valence-electron chi connectivity index (χ0n) is 45.8. The molecular weight excluding hydrogens is 865 g/mol. The maximum Gasteiger partial charge on any atom is 0.309 e. The monoisotopic (exact) mass is 973 g/mol. The van der Waals surface area contributed by atoms with Gasteiger partial charge in [-0.1, -0.05) is 246 Å². The van der Waals surface area contributed by atoms with E-state index in [4.69, 9.17) is 14.2 Å². The molecule has 0 radical (unpaired) electrons. The Morgan fingerprint density at radius 3 is 1.03 bits per heavy atom. The maximum atomic E-state index is 12.8. The molecular formula is C64H108O6. The molecule has 0 bridgehead atoms. The zero-order valence-corrected chi connectivity index (χ0v) is 45.8. The molecule has 400 valence electrons. The van der Waals surface area contributed by atoms with Crippen LogP contribution in [0.1, 0.15) is 271 Å². The second-order valence-electron chi connectivity index (χ2n) is 19.2. The molecule has 1 unspecified atom stereocenters. The summed E-state index contributed by atoms with van der Waals surface area (Å²) in [6.07, 6.45) is 77.1. The number of carbonyl (C=O) groups is 3. The first kappa shape index (κ1) is 66.3. The fraction of sp³-hybridized carbons (Fsp3) is 0.703. The van der Waals surface area contributed by atoms with E-state index in [9.17, 15) is 14.4 Å². The Balaban J connectivity index is 4.46. The van der Waals surface area contributed by atoms with Crippen LogP contribution in [-0.2, 0) is 28.6 Å². The number of unbranched alkanes of at least 4 members (excludes halogenated alkanes) is 26. The van der Waals surface area contributed by atoms with E-state index in [-0.39, 0.29) is 31.6 Å². The highest BCUT2D eigenvalue weighted by Crippen LogP contribution is 2.15. The Morgan fingerprint density at radius 2 is 0.614 bits per heavy atom. The van der Waals surface area contributed by atoms with Crippen molar-refractivity contribution in [2.75, 3.05) is 13.2 Å². The summed E-state index contributed by atoms with van der Waals surface area (Å²) in [5.41, 5.74) is 0. The van der Waals surface area contributed by atoms with Crippen molar-refractivity contribution in [2.24, 2.45) is 0 Å². The van der Waals surface area contributed by atoms with Gasteiger partial charge in [-0.25, -0.2) is 0 Å². The third-order valence-corrected chi connectivity index (χ3v) is 12.3. The smallest absolute Gasteiger partial charge is 0.309 e. The fourth-order valence-electron chi connectivity index (χ4n) is 7.95. The molecule has 0 saturated heterocycles. The predicted octanol–water partition coefficient (Wildman–Crippen LogP) is 19.7. The van der Waals surface area contributed by atoms with Gasteiger partial charge in [0, 0.05) is 12.8 Å². The van der Waals surface area contributed by atoms with Crippen LogP contribution in [0.3, 0.4) is 0 Å². The number of allylic oxidation sites excluding steroid dienone is 15. The number of hydrogen-bond donors (Lipinski definition) is 0. The van der Waals surface area contributed by atoms with Gasteiger partial charge >= 0.3 is 17.9 Å². The number of rotatable bonds is 52. The molecule has 0 N–H and O–H groups in total. The van der Waals surface area contributed by atoms with Gasteiger partial charge < -0.3 is 14.2 Å². The number of carbonyl (C=O) groups excluding carboxylic acids is 3. The van der Waals surface area contributed by atoms with Gasteiger partial charge in [0.2, 0.25) is 0 Å². The summed E-state index contributed by atoms with van der Waals surface area (Å²) in [7, 11) is 0. The highest BCUT2D eigenvalue weighted by atomic mass is 16.6. The van der Waals surface area contributed by atoms with Gasteiger partial charge in [-0.15, -0.1) is 0 Å². The molecule has 0 aliphatic rings. The minimum atomic E-state index is -0.827. The molecule has 6 nitrogen and oxygen atoms in total. The first-order valence-corrected chi connectivity index (χ1v) is 29.2. The lowest BCUT2D eigenvalue weighted by molar-refractivity contribution is -0.166. The summed E-state index contributed by atoms with van der Waals surface area (Å²) in [5, 5.41) is 0. The molecule has 6 heteroatoms. The van der Waals surface area contributed by atoms with Gasteiger partial charge in [0.05, 0.1) is 6.42 Å². The van der Waals surface area contributed by atoms with E-state index in [0.717, 1.165) is 96.3 Å². The first-order valence-electron chi connectivity index (χ1n) is 29.2. The van der Waals surface area contributed by atoms with Crippen molar-refractivity contribution in [1.29, 1.82) is 0 Å². The van der Waals surface area contributed by atoms with Crippen LogP contribution >= 0.6 is 0 Å². The Morgan fingerprint density at radius 1 is 0.314 bits per heavy atom. The topological polar surface area (TPSA) is 78.9 Å². The Bertz CT molecular complexity index is 1400. The van der Waals surface area contributed by atoms with Crippen molar-refractivity contribution in [3.63, 3.8) is 0 Å². The minimum absolute atomic E-state index is 0.114. The maximum absolute atomic E-state index is 12.8. The molecule has 1 atom stereocenters. The average molecular weight is 974 g/mol. The highest BCUT2D eigenvalue weighted by molar-refractivity contribution is 5.72. The van der Waals surface area contributed by atoms with Crippen LogP contribution in [0, 0.1) is 0 Å². The molecule has 0 rings (SSSR count). The van der Waals surface area contributed by atoms with Gasteiger partial charge in [-0.3, -0.25) is 14.4 Å². The third-order valence-electron chi connectivity index (χ3n) is 12.3. The Labute approximate surface area is 432 Å². The molecule has 0 heterocycles. The highest BCUT2D eigenvalue weighted by Gasteiger charge is 2.19.